The lowest BCUT2D eigenvalue weighted by Gasteiger charge is -2.31. The van der Waals surface area contributed by atoms with Gasteiger partial charge in [0.05, 0.1) is 11.8 Å². The highest BCUT2D eigenvalue weighted by Crippen LogP contribution is 2.59. The van der Waals surface area contributed by atoms with Gasteiger partial charge in [-0.25, -0.2) is 4.79 Å². The molecule has 0 amide bonds. The van der Waals surface area contributed by atoms with Crippen LogP contribution in [0, 0.1) is 23.7 Å². The molecule has 0 aromatic heterocycles. The van der Waals surface area contributed by atoms with E-state index in [4.69, 9.17) is 14.2 Å². The Morgan fingerprint density at radius 2 is 1.93 bits per heavy atom. The molecule has 1 aromatic rings. The summed E-state index contributed by atoms with van der Waals surface area (Å²) >= 11 is 0. The molecule has 1 heterocycles. The Labute approximate surface area is 175 Å². The molecule has 7 unspecified atom stereocenters. The standard InChI is InChI=1S/C24H26O6/c1-12(2)22(25)29-20-15-11-16-19(24(27)30-21(16)20)18(15)23(26)28-17-10-6-4-8-13-7-3-5-9-14(13)17/h3,5,7,9,15-21H,1,4,6,8,10-11H2,2H3. The minimum absolute atomic E-state index is 0.0932. The van der Waals surface area contributed by atoms with E-state index < -0.39 is 30.0 Å². The molecule has 3 aliphatic carbocycles. The van der Waals surface area contributed by atoms with Crippen LogP contribution in [-0.4, -0.2) is 30.1 Å². The number of aryl methyl sites for hydroxylation is 1. The zero-order valence-electron chi connectivity index (χ0n) is 17.0. The summed E-state index contributed by atoms with van der Waals surface area (Å²) in [5, 5.41) is 0. The van der Waals surface area contributed by atoms with Crippen LogP contribution in [-0.2, 0) is 35.0 Å². The predicted octanol–water partition coefficient (Wildman–Crippen LogP) is 3.29. The number of carbonyl (C=O) groups is 3. The zero-order chi connectivity index (χ0) is 21.0. The van der Waals surface area contributed by atoms with Crippen molar-refractivity contribution < 1.29 is 28.6 Å². The number of rotatable bonds is 4. The van der Waals surface area contributed by atoms with Gasteiger partial charge in [-0.05, 0) is 50.2 Å². The summed E-state index contributed by atoms with van der Waals surface area (Å²) in [6.45, 7) is 5.20. The second kappa shape index (κ2) is 7.25. The smallest absolute Gasteiger partial charge is 0.333 e. The first kappa shape index (κ1) is 19.3. The van der Waals surface area contributed by atoms with Crippen LogP contribution in [0.25, 0.3) is 0 Å². The first-order valence-electron chi connectivity index (χ1n) is 10.8. The van der Waals surface area contributed by atoms with Crippen LogP contribution < -0.4 is 0 Å². The molecule has 0 spiro atoms. The Morgan fingerprint density at radius 3 is 2.73 bits per heavy atom. The summed E-state index contributed by atoms with van der Waals surface area (Å²) in [5.41, 5.74) is 2.56. The van der Waals surface area contributed by atoms with Gasteiger partial charge in [-0.15, -0.1) is 0 Å². The van der Waals surface area contributed by atoms with Crippen LogP contribution in [0.5, 0.6) is 0 Å². The van der Waals surface area contributed by atoms with Gasteiger partial charge < -0.3 is 14.2 Å². The lowest BCUT2D eigenvalue weighted by molar-refractivity contribution is -0.166. The second-order valence-corrected chi connectivity index (χ2v) is 9.04. The van der Waals surface area contributed by atoms with Crippen molar-refractivity contribution in [2.45, 2.75) is 57.3 Å². The lowest BCUT2D eigenvalue weighted by Crippen LogP contribution is -2.44. The van der Waals surface area contributed by atoms with Crippen molar-refractivity contribution in [2.75, 3.05) is 0 Å². The molecule has 3 fully saturated rings. The van der Waals surface area contributed by atoms with Gasteiger partial charge in [0.2, 0.25) is 0 Å². The van der Waals surface area contributed by atoms with Crippen LogP contribution >= 0.6 is 0 Å². The summed E-state index contributed by atoms with van der Waals surface area (Å²) in [4.78, 5) is 38.0. The fraction of sp³-hybridized carbons (Fsp3) is 0.542. The Balaban J connectivity index is 1.39. The first-order valence-corrected chi connectivity index (χ1v) is 10.8. The number of benzene rings is 1. The van der Waals surface area contributed by atoms with Crippen molar-refractivity contribution >= 4 is 17.9 Å². The molecule has 2 bridgehead atoms. The van der Waals surface area contributed by atoms with Gasteiger partial charge in [0.25, 0.3) is 0 Å². The number of ether oxygens (including phenoxy) is 3. The topological polar surface area (TPSA) is 78.9 Å². The van der Waals surface area contributed by atoms with E-state index in [0.717, 1.165) is 31.2 Å². The van der Waals surface area contributed by atoms with Gasteiger partial charge in [-0.3, -0.25) is 9.59 Å². The Bertz CT molecular complexity index is 920. The number of carbonyl (C=O) groups excluding carboxylic acids is 3. The number of hydrogen-bond donors (Lipinski definition) is 0. The molecule has 4 aliphatic rings. The largest absolute Gasteiger partial charge is 0.458 e. The van der Waals surface area contributed by atoms with Crippen molar-refractivity contribution in [3.05, 3.63) is 47.5 Å². The molecule has 7 atom stereocenters. The van der Waals surface area contributed by atoms with Crippen molar-refractivity contribution in [3.63, 3.8) is 0 Å². The number of fused-ring (bicyclic) bond motifs is 2. The van der Waals surface area contributed by atoms with E-state index in [1.165, 1.54) is 5.56 Å². The van der Waals surface area contributed by atoms with Gasteiger partial charge >= 0.3 is 17.9 Å². The lowest BCUT2D eigenvalue weighted by atomic mass is 9.78. The zero-order valence-corrected chi connectivity index (χ0v) is 17.0. The molecular weight excluding hydrogens is 384 g/mol. The van der Waals surface area contributed by atoms with E-state index in [1.807, 2.05) is 18.2 Å². The maximum Gasteiger partial charge on any atom is 0.333 e. The maximum atomic E-state index is 13.3. The molecule has 1 aliphatic heterocycles. The summed E-state index contributed by atoms with van der Waals surface area (Å²) < 4.78 is 17.2. The van der Waals surface area contributed by atoms with Crippen LogP contribution in [0.3, 0.4) is 0 Å². The van der Waals surface area contributed by atoms with Crippen molar-refractivity contribution in [2.24, 2.45) is 23.7 Å². The molecule has 5 rings (SSSR count). The molecule has 1 aromatic carbocycles. The van der Waals surface area contributed by atoms with Crippen LogP contribution in [0.2, 0.25) is 0 Å². The quantitative estimate of drug-likeness (QED) is 0.328. The SMILES string of the molecule is C=C(C)C(=O)OC1C2CC3C1OC(=O)C3C2C(=O)OC1CCCCc2ccccc21. The van der Waals surface area contributed by atoms with E-state index in [0.29, 0.717) is 6.42 Å². The van der Waals surface area contributed by atoms with Crippen LogP contribution in [0.4, 0.5) is 0 Å². The highest BCUT2D eigenvalue weighted by molar-refractivity contribution is 5.88. The molecule has 6 nitrogen and oxygen atoms in total. The van der Waals surface area contributed by atoms with Gasteiger partial charge in [0.15, 0.2) is 0 Å². The number of esters is 3. The normalized spacial score (nSPS) is 35.9. The predicted molar refractivity (Wildman–Crippen MR) is 106 cm³/mol. The van der Waals surface area contributed by atoms with E-state index in [1.54, 1.807) is 6.92 Å². The summed E-state index contributed by atoms with van der Waals surface area (Å²) in [6.07, 6.45) is 3.06. The molecule has 0 radical (unpaired) electrons. The average molecular weight is 410 g/mol. The van der Waals surface area contributed by atoms with Gasteiger partial charge in [-0.2, -0.15) is 0 Å². The minimum atomic E-state index is -0.625. The third kappa shape index (κ3) is 2.96. The molecule has 6 heteroatoms. The molecule has 2 saturated carbocycles. The molecule has 30 heavy (non-hydrogen) atoms. The highest BCUT2D eigenvalue weighted by Gasteiger charge is 2.70. The first-order chi connectivity index (χ1) is 14.5. The summed E-state index contributed by atoms with van der Waals surface area (Å²) in [7, 11) is 0. The van der Waals surface area contributed by atoms with E-state index in [2.05, 4.69) is 12.6 Å². The van der Waals surface area contributed by atoms with Crippen molar-refractivity contribution in [1.82, 2.24) is 0 Å². The van der Waals surface area contributed by atoms with Crippen molar-refractivity contribution in [1.29, 1.82) is 0 Å². The summed E-state index contributed by atoms with van der Waals surface area (Å²) in [6, 6.07) is 8.09. The summed E-state index contributed by atoms with van der Waals surface area (Å²) in [5.74, 6) is -2.73. The second-order valence-electron chi connectivity index (χ2n) is 9.04. The third-order valence-corrected chi connectivity index (χ3v) is 7.23. The number of hydrogen-bond acceptors (Lipinski definition) is 6. The van der Waals surface area contributed by atoms with Gasteiger partial charge in [0, 0.05) is 17.4 Å². The fourth-order valence-electron chi connectivity index (χ4n) is 5.91. The monoisotopic (exact) mass is 410 g/mol. The molecule has 1 saturated heterocycles. The van der Waals surface area contributed by atoms with E-state index in [-0.39, 0.29) is 35.5 Å². The third-order valence-electron chi connectivity index (χ3n) is 7.23. The van der Waals surface area contributed by atoms with Gasteiger partial charge in [0.1, 0.15) is 18.3 Å². The maximum absolute atomic E-state index is 13.3. The molecule has 0 N–H and O–H groups in total. The van der Waals surface area contributed by atoms with Crippen LogP contribution in [0.1, 0.15) is 49.8 Å². The molecule has 158 valence electrons. The van der Waals surface area contributed by atoms with E-state index >= 15 is 0 Å². The Kier molecular flexibility index (Phi) is 4.68. The van der Waals surface area contributed by atoms with Gasteiger partial charge in [-0.1, -0.05) is 30.8 Å². The van der Waals surface area contributed by atoms with E-state index in [9.17, 15) is 14.4 Å². The van der Waals surface area contributed by atoms with Crippen LogP contribution in [0.15, 0.2) is 36.4 Å². The Hall–Kier alpha value is -2.63. The highest BCUT2D eigenvalue weighted by atomic mass is 16.6. The Morgan fingerprint density at radius 1 is 1.13 bits per heavy atom. The van der Waals surface area contributed by atoms with Crippen molar-refractivity contribution in [3.8, 4) is 0 Å². The average Bonchev–Trinajstić information content (AvgIpc) is 3.28. The molecular formula is C24H26O6. The minimum Gasteiger partial charge on any atom is -0.458 e. The fourth-order valence-corrected chi connectivity index (χ4v) is 5.91.